The Bertz CT molecular complexity index is 416. The number of rotatable bonds is 5. The lowest BCUT2D eigenvalue weighted by atomic mass is 10.2. The summed E-state index contributed by atoms with van der Waals surface area (Å²) >= 11 is 3.35. The van der Waals surface area contributed by atoms with Gasteiger partial charge in [0.1, 0.15) is 5.75 Å². The van der Waals surface area contributed by atoms with Gasteiger partial charge in [0.2, 0.25) is 0 Å². The Morgan fingerprint density at radius 3 is 2.88 bits per heavy atom. The van der Waals surface area contributed by atoms with Crippen LogP contribution in [0.15, 0.2) is 34.8 Å². The van der Waals surface area contributed by atoms with E-state index in [1.165, 1.54) is 0 Å². The Labute approximate surface area is 110 Å². The van der Waals surface area contributed by atoms with E-state index in [0.717, 1.165) is 16.6 Å². The van der Waals surface area contributed by atoms with Gasteiger partial charge in [-0.3, -0.25) is 4.79 Å². The van der Waals surface area contributed by atoms with Crippen LogP contribution in [0.4, 0.5) is 0 Å². The molecule has 0 saturated heterocycles. The van der Waals surface area contributed by atoms with E-state index in [4.69, 9.17) is 4.74 Å². The molecule has 0 fully saturated rings. The minimum absolute atomic E-state index is 0.0714. The van der Waals surface area contributed by atoms with Crippen molar-refractivity contribution in [2.45, 2.75) is 13.3 Å². The molecule has 1 aromatic rings. The first kappa shape index (κ1) is 13.8. The molecule has 0 heterocycles. The number of benzene rings is 1. The van der Waals surface area contributed by atoms with Gasteiger partial charge < -0.3 is 10.1 Å². The summed E-state index contributed by atoms with van der Waals surface area (Å²) in [6.07, 6.45) is 4.83. The maximum absolute atomic E-state index is 11.8. The highest BCUT2D eigenvalue weighted by Crippen LogP contribution is 2.25. The summed E-state index contributed by atoms with van der Waals surface area (Å²) in [7, 11) is 1.59. The fourth-order valence-corrected chi connectivity index (χ4v) is 1.89. The summed E-state index contributed by atoms with van der Waals surface area (Å²) in [4.78, 5) is 11.8. The molecule has 0 aliphatic carbocycles. The fraction of sp³-hybridized carbons (Fsp3) is 0.308. The average Bonchev–Trinajstić information content (AvgIpc) is 2.34. The number of allylic oxidation sites excluding steroid dienone is 1. The molecule has 1 N–H and O–H groups in total. The number of carbonyl (C=O) groups is 1. The predicted octanol–water partition coefficient (Wildman–Crippen LogP) is 3.15. The number of hydrogen-bond acceptors (Lipinski definition) is 2. The number of halogens is 1. The molecule has 0 aromatic heterocycles. The molecule has 1 aromatic carbocycles. The quantitative estimate of drug-likeness (QED) is 0.670. The molecule has 1 amide bonds. The van der Waals surface area contributed by atoms with Crippen molar-refractivity contribution in [1.29, 1.82) is 0 Å². The maximum atomic E-state index is 11.8. The molecule has 92 valence electrons. The average molecular weight is 298 g/mol. The molecule has 1 rings (SSSR count). The van der Waals surface area contributed by atoms with Crippen LogP contribution in [0, 0.1) is 0 Å². The minimum Gasteiger partial charge on any atom is -0.496 e. The number of ether oxygens (including phenoxy) is 1. The van der Waals surface area contributed by atoms with Gasteiger partial charge in [0.05, 0.1) is 11.6 Å². The van der Waals surface area contributed by atoms with E-state index in [9.17, 15) is 4.79 Å². The smallest absolute Gasteiger partial charge is 0.251 e. The Morgan fingerprint density at radius 2 is 2.29 bits per heavy atom. The molecular formula is C13H16BrNO2. The highest BCUT2D eigenvalue weighted by molar-refractivity contribution is 9.10. The zero-order chi connectivity index (χ0) is 12.7. The molecule has 3 nitrogen and oxygen atoms in total. The first-order valence-corrected chi connectivity index (χ1v) is 6.21. The maximum Gasteiger partial charge on any atom is 0.251 e. The van der Waals surface area contributed by atoms with Gasteiger partial charge in [-0.15, -0.1) is 0 Å². The van der Waals surface area contributed by atoms with Crippen LogP contribution in [0.3, 0.4) is 0 Å². The Morgan fingerprint density at radius 1 is 1.53 bits per heavy atom. The van der Waals surface area contributed by atoms with Gasteiger partial charge in [0, 0.05) is 12.1 Å². The lowest BCUT2D eigenvalue weighted by Crippen LogP contribution is -2.24. The van der Waals surface area contributed by atoms with Crippen LogP contribution in [0.25, 0.3) is 0 Å². The van der Waals surface area contributed by atoms with Crippen LogP contribution in [-0.2, 0) is 0 Å². The topological polar surface area (TPSA) is 38.3 Å². The lowest BCUT2D eigenvalue weighted by molar-refractivity contribution is 0.0954. The van der Waals surface area contributed by atoms with Crippen LogP contribution < -0.4 is 10.1 Å². The van der Waals surface area contributed by atoms with E-state index < -0.39 is 0 Å². The third-order valence-electron chi connectivity index (χ3n) is 2.25. The molecule has 0 unspecified atom stereocenters. The minimum atomic E-state index is -0.0714. The summed E-state index contributed by atoms with van der Waals surface area (Å²) in [5.74, 6) is 0.647. The van der Waals surface area contributed by atoms with Crippen LogP contribution in [0.5, 0.6) is 5.75 Å². The Balaban J connectivity index is 2.60. The second-order valence-corrected chi connectivity index (χ2v) is 4.32. The van der Waals surface area contributed by atoms with Crippen molar-refractivity contribution in [3.63, 3.8) is 0 Å². The molecular weight excluding hydrogens is 282 g/mol. The highest BCUT2D eigenvalue weighted by Gasteiger charge is 2.07. The summed E-state index contributed by atoms with van der Waals surface area (Å²) in [5, 5.41) is 2.85. The number of nitrogens with one attached hydrogen (secondary N) is 1. The predicted molar refractivity (Wildman–Crippen MR) is 72.5 cm³/mol. The molecule has 0 aliphatic rings. The van der Waals surface area contributed by atoms with E-state index in [1.807, 2.05) is 19.1 Å². The third-order valence-corrected chi connectivity index (χ3v) is 2.87. The number of hydrogen-bond donors (Lipinski definition) is 1. The van der Waals surface area contributed by atoms with Crippen LogP contribution in [0.1, 0.15) is 23.7 Å². The van der Waals surface area contributed by atoms with Crippen molar-refractivity contribution >= 4 is 21.8 Å². The summed E-state index contributed by atoms with van der Waals surface area (Å²) in [6, 6.07) is 5.27. The number of carbonyl (C=O) groups excluding carboxylic acids is 1. The van der Waals surface area contributed by atoms with Gasteiger partial charge in [0.15, 0.2) is 0 Å². The van der Waals surface area contributed by atoms with Crippen molar-refractivity contribution < 1.29 is 9.53 Å². The van der Waals surface area contributed by atoms with Gasteiger partial charge in [0.25, 0.3) is 5.91 Å². The molecule has 0 radical (unpaired) electrons. The molecule has 0 bridgehead atoms. The highest BCUT2D eigenvalue weighted by atomic mass is 79.9. The molecule has 4 heteroatoms. The van der Waals surface area contributed by atoms with E-state index in [-0.39, 0.29) is 5.91 Å². The van der Waals surface area contributed by atoms with E-state index >= 15 is 0 Å². The molecule has 17 heavy (non-hydrogen) atoms. The first-order chi connectivity index (χ1) is 8.19. The van der Waals surface area contributed by atoms with Crippen LogP contribution in [-0.4, -0.2) is 19.6 Å². The van der Waals surface area contributed by atoms with Gasteiger partial charge in [-0.25, -0.2) is 0 Å². The second-order valence-electron chi connectivity index (χ2n) is 3.46. The molecule has 0 aliphatic heterocycles. The van der Waals surface area contributed by atoms with E-state index in [1.54, 1.807) is 25.3 Å². The van der Waals surface area contributed by atoms with Crippen molar-refractivity contribution in [3.8, 4) is 5.75 Å². The van der Waals surface area contributed by atoms with Crippen molar-refractivity contribution in [1.82, 2.24) is 5.32 Å². The van der Waals surface area contributed by atoms with E-state index in [0.29, 0.717) is 12.1 Å². The normalized spacial score (nSPS) is 10.5. The molecule has 0 saturated carbocycles. The lowest BCUT2D eigenvalue weighted by Gasteiger charge is -2.06. The van der Waals surface area contributed by atoms with Crippen LogP contribution >= 0.6 is 15.9 Å². The largest absolute Gasteiger partial charge is 0.496 e. The zero-order valence-corrected chi connectivity index (χ0v) is 11.6. The van der Waals surface area contributed by atoms with Crippen molar-refractivity contribution in [3.05, 3.63) is 40.4 Å². The van der Waals surface area contributed by atoms with Gasteiger partial charge in [-0.2, -0.15) is 0 Å². The monoisotopic (exact) mass is 297 g/mol. The van der Waals surface area contributed by atoms with Crippen molar-refractivity contribution in [2.75, 3.05) is 13.7 Å². The zero-order valence-electron chi connectivity index (χ0n) is 10.00. The van der Waals surface area contributed by atoms with Crippen LogP contribution in [0.2, 0.25) is 0 Å². The molecule has 0 atom stereocenters. The summed E-state index contributed by atoms with van der Waals surface area (Å²) < 4.78 is 5.88. The second kappa shape index (κ2) is 7.12. The molecule has 0 spiro atoms. The fourth-order valence-electron chi connectivity index (χ4n) is 1.35. The summed E-state index contributed by atoms with van der Waals surface area (Å²) in [6.45, 7) is 2.61. The Kier molecular flexibility index (Phi) is 5.77. The van der Waals surface area contributed by atoms with Gasteiger partial charge in [-0.1, -0.05) is 12.2 Å². The Hall–Kier alpha value is -1.29. The third kappa shape index (κ3) is 4.23. The van der Waals surface area contributed by atoms with Gasteiger partial charge in [-0.05, 0) is 47.5 Å². The van der Waals surface area contributed by atoms with Crippen molar-refractivity contribution in [2.24, 2.45) is 0 Å². The number of methoxy groups -OCH3 is 1. The number of amides is 1. The van der Waals surface area contributed by atoms with E-state index in [2.05, 4.69) is 21.2 Å². The standard InChI is InChI=1S/C13H16BrNO2/c1-3-4-5-8-15-13(16)10-6-7-12(17-2)11(14)9-10/h3-4,6-7,9H,5,8H2,1-2H3,(H,15,16)/b4-3+. The first-order valence-electron chi connectivity index (χ1n) is 5.42. The SMILES string of the molecule is C/C=C/CCNC(=O)c1ccc(OC)c(Br)c1. The summed E-state index contributed by atoms with van der Waals surface area (Å²) in [5.41, 5.74) is 0.623. The van der Waals surface area contributed by atoms with Gasteiger partial charge >= 0.3 is 0 Å².